The Kier molecular flexibility index (Phi) is 3.51. The molecule has 2 fully saturated rings. The number of aromatic carboxylic acids is 1. The third-order valence-corrected chi connectivity index (χ3v) is 5.53. The third kappa shape index (κ3) is 2.51. The molecule has 5 rings (SSSR count). The molecule has 3 aliphatic rings. The molecule has 140 valence electrons. The predicted octanol–water partition coefficient (Wildman–Crippen LogP) is 1.94. The van der Waals surface area contributed by atoms with Crippen LogP contribution in [0.5, 0.6) is 5.75 Å². The summed E-state index contributed by atoms with van der Waals surface area (Å²) in [5, 5.41) is 9.27. The Bertz CT molecular complexity index is 1050. The van der Waals surface area contributed by atoms with Gasteiger partial charge in [0.15, 0.2) is 11.6 Å². The van der Waals surface area contributed by atoms with E-state index in [2.05, 4.69) is 4.90 Å². The Balaban J connectivity index is 1.64. The first kappa shape index (κ1) is 16.3. The first-order chi connectivity index (χ1) is 13.0. The molecule has 0 unspecified atom stereocenters. The van der Waals surface area contributed by atoms with Gasteiger partial charge in [0.2, 0.25) is 5.43 Å². The fourth-order valence-corrected chi connectivity index (χ4v) is 4.03. The summed E-state index contributed by atoms with van der Waals surface area (Å²) in [5.74, 6) is -1.65. The van der Waals surface area contributed by atoms with Crippen LogP contribution in [0, 0.1) is 5.82 Å². The maximum Gasteiger partial charge on any atom is 0.341 e. The van der Waals surface area contributed by atoms with Crippen LogP contribution in [0.3, 0.4) is 0 Å². The van der Waals surface area contributed by atoms with E-state index in [1.165, 1.54) is 36.1 Å². The zero-order valence-corrected chi connectivity index (χ0v) is 14.5. The minimum Gasteiger partial charge on any atom is -0.477 e. The molecule has 27 heavy (non-hydrogen) atoms. The highest BCUT2D eigenvalue weighted by Gasteiger charge is 2.33. The van der Waals surface area contributed by atoms with Crippen molar-refractivity contribution in [2.75, 3.05) is 31.1 Å². The van der Waals surface area contributed by atoms with E-state index >= 15 is 4.39 Å². The maximum atomic E-state index is 15.0. The Labute approximate surface area is 153 Å². The SMILES string of the molecule is O=C(O)c1cn2c3c(c(N4CCN(C5CC5)CC4)c(F)cc3c1=O)OC=C2. The molecule has 2 aliphatic heterocycles. The van der Waals surface area contributed by atoms with Gasteiger partial charge in [-0.2, -0.15) is 0 Å². The van der Waals surface area contributed by atoms with E-state index in [1.807, 2.05) is 4.90 Å². The van der Waals surface area contributed by atoms with Crippen molar-refractivity contribution >= 4 is 28.8 Å². The van der Waals surface area contributed by atoms with Gasteiger partial charge in [0.05, 0.1) is 5.39 Å². The van der Waals surface area contributed by atoms with Gasteiger partial charge < -0.3 is 19.3 Å². The quantitative estimate of drug-likeness (QED) is 0.889. The van der Waals surface area contributed by atoms with Crippen molar-refractivity contribution in [2.24, 2.45) is 0 Å². The number of hydrogen-bond acceptors (Lipinski definition) is 5. The summed E-state index contributed by atoms with van der Waals surface area (Å²) in [6.45, 7) is 3.08. The maximum absolute atomic E-state index is 15.0. The minimum absolute atomic E-state index is 0.00659. The van der Waals surface area contributed by atoms with Crippen molar-refractivity contribution in [1.82, 2.24) is 9.47 Å². The van der Waals surface area contributed by atoms with Gasteiger partial charge >= 0.3 is 5.97 Å². The van der Waals surface area contributed by atoms with Crippen LogP contribution >= 0.6 is 0 Å². The lowest BCUT2D eigenvalue weighted by atomic mass is 10.1. The summed E-state index contributed by atoms with van der Waals surface area (Å²) >= 11 is 0. The molecule has 1 aliphatic carbocycles. The van der Waals surface area contributed by atoms with E-state index in [4.69, 9.17) is 4.74 Å². The summed E-state index contributed by atoms with van der Waals surface area (Å²) in [5.41, 5.74) is -0.379. The number of halogens is 1. The molecule has 1 aromatic carbocycles. The standard InChI is InChI=1S/C19H18FN3O4/c20-14-9-12-15-18(16(14)22-5-3-21(4-6-22)11-1-2-11)27-8-7-23(15)10-13(17(12)24)19(25)26/h7-11H,1-6H2,(H,25,26). The van der Waals surface area contributed by atoms with Crippen LogP contribution in [0.15, 0.2) is 23.3 Å². The molecular formula is C19H18FN3O4. The molecule has 0 amide bonds. The van der Waals surface area contributed by atoms with Gasteiger partial charge in [-0.3, -0.25) is 9.69 Å². The van der Waals surface area contributed by atoms with E-state index in [0.29, 0.717) is 30.3 Å². The van der Waals surface area contributed by atoms with Gasteiger partial charge in [0.25, 0.3) is 0 Å². The number of nitrogens with zero attached hydrogens (tertiary/aromatic N) is 3. The number of aromatic nitrogens is 1. The molecule has 1 aromatic heterocycles. The van der Waals surface area contributed by atoms with Crippen molar-refractivity contribution in [1.29, 1.82) is 0 Å². The van der Waals surface area contributed by atoms with Gasteiger partial charge in [-0.15, -0.1) is 0 Å². The van der Waals surface area contributed by atoms with Gasteiger partial charge in [0, 0.05) is 44.6 Å². The predicted molar refractivity (Wildman–Crippen MR) is 97.9 cm³/mol. The molecule has 3 heterocycles. The van der Waals surface area contributed by atoms with Crippen LogP contribution in [0.25, 0.3) is 17.1 Å². The number of benzene rings is 1. The monoisotopic (exact) mass is 371 g/mol. The first-order valence-corrected chi connectivity index (χ1v) is 9.01. The Morgan fingerprint density at radius 1 is 1.22 bits per heavy atom. The van der Waals surface area contributed by atoms with Gasteiger partial charge in [-0.1, -0.05) is 0 Å². The Morgan fingerprint density at radius 2 is 1.96 bits per heavy atom. The molecule has 0 bridgehead atoms. The number of pyridine rings is 1. The average Bonchev–Trinajstić information content (AvgIpc) is 3.49. The topological polar surface area (TPSA) is 75.0 Å². The van der Waals surface area contributed by atoms with E-state index in [9.17, 15) is 14.7 Å². The second kappa shape index (κ2) is 5.82. The highest BCUT2D eigenvalue weighted by atomic mass is 19.1. The van der Waals surface area contributed by atoms with Crippen molar-refractivity contribution in [3.63, 3.8) is 0 Å². The molecule has 8 heteroatoms. The zero-order valence-electron chi connectivity index (χ0n) is 14.5. The lowest BCUT2D eigenvalue weighted by Gasteiger charge is -2.37. The van der Waals surface area contributed by atoms with Crippen LogP contribution in [0.1, 0.15) is 23.2 Å². The van der Waals surface area contributed by atoms with Gasteiger partial charge in [-0.25, -0.2) is 9.18 Å². The minimum atomic E-state index is -1.34. The smallest absolute Gasteiger partial charge is 0.341 e. The molecule has 1 N–H and O–H groups in total. The van der Waals surface area contributed by atoms with Crippen LogP contribution in [-0.2, 0) is 0 Å². The summed E-state index contributed by atoms with van der Waals surface area (Å²) in [6.07, 6.45) is 6.63. The molecular weight excluding hydrogens is 353 g/mol. The van der Waals surface area contributed by atoms with E-state index < -0.39 is 22.8 Å². The van der Waals surface area contributed by atoms with Crippen molar-refractivity contribution in [3.8, 4) is 5.75 Å². The fraction of sp³-hybridized carbons (Fsp3) is 0.368. The molecule has 0 spiro atoms. The molecule has 0 radical (unpaired) electrons. The number of rotatable bonds is 3. The van der Waals surface area contributed by atoms with Crippen LogP contribution in [-0.4, -0.2) is 52.8 Å². The number of anilines is 1. The van der Waals surface area contributed by atoms with Crippen molar-refractivity contribution in [2.45, 2.75) is 18.9 Å². The second-order valence-electron chi connectivity index (χ2n) is 7.17. The van der Waals surface area contributed by atoms with Crippen molar-refractivity contribution in [3.05, 3.63) is 40.1 Å². The van der Waals surface area contributed by atoms with Crippen molar-refractivity contribution < 1.29 is 19.0 Å². The number of carboxylic acid groups (broad SMARTS) is 1. The van der Waals surface area contributed by atoms with E-state index in [0.717, 1.165) is 19.2 Å². The first-order valence-electron chi connectivity index (χ1n) is 9.01. The molecule has 1 saturated carbocycles. The lowest BCUT2D eigenvalue weighted by molar-refractivity contribution is 0.0695. The van der Waals surface area contributed by atoms with Crippen LogP contribution < -0.4 is 15.1 Å². The lowest BCUT2D eigenvalue weighted by Crippen LogP contribution is -2.47. The highest BCUT2D eigenvalue weighted by Crippen LogP contribution is 2.41. The van der Waals surface area contributed by atoms with Crippen LogP contribution in [0.4, 0.5) is 10.1 Å². The summed E-state index contributed by atoms with van der Waals surface area (Å²) in [4.78, 5) is 28.2. The summed E-state index contributed by atoms with van der Waals surface area (Å²) < 4.78 is 22.2. The molecule has 2 aromatic rings. The molecule has 1 saturated heterocycles. The number of carbonyl (C=O) groups is 1. The Morgan fingerprint density at radius 3 is 2.63 bits per heavy atom. The number of piperazine rings is 1. The summed E-state index contributed by atoms with van der Waals surface area (Å²) in [6, 6.07) is 1.81. The number of ether oxygens (including phenoxy) is 1. The molecule has 0 atom stereocenters. The second-order valence-corrected chi connectivity index (χ2v) is 7.17. The van der Waals surface area contributed by atoms with Gasteiger partial charge in [-0.05, 0) is 18.9 Å². The number of hydrogen-bond donors (Lipinski definition) is 1. The third-order valence-electron chi connectivity index (χ3n) is 5.53. The number of carboxylic acids is 1. The summed E-state index contributed by atoms with van der Waals surface area (Å²) in [7, 11) is 0. The Hall–Kier alpha value is -2.87. The largest absolute Gasteiger partial charge is 0.477 e. The fourth-order valence-electron chi connectivity index (χ4n) is 4.03. The van der Waals surface area contributed by atoms with E-state index in [-0.39, 0.29) is 11.1 Å². The van der Waals surface area contributed by atoms with Crippen LogP contribution in [0.2, 0.25) is 0 Å². The molecule has 7 nitrogen and oxygen atoms in total. The average molecular weight is 371 g/mol. The highest BCUT2D eigenvalue weighted by molar-refractivity contribution is 5.98. The van der Waals surface area contributed by atoms with Gasteiger partial charge in [0.1, 0.15) is 23.0 Å². The van der Waals surface area contributed by atoms with E-state index in [1.54, 1.807) is 0 Å². The normalized spacial score (nSPS) is 19.4. The zero-order chi connectivity index (χ0) is 18.7.